The van der Waals surface area contributed by atoms with Gasteiger partial charge in [0, 0.05) is 30.1 Å². The number of hydrogen-bond acceptors (Lipinski definition) is 4. The van der Waals surface area contributed by atoms with Gasteiger partial charge in [-0.25, -0.2) is 0 Å². The Morgan fingerprint density at radius 1 is 1.55 bits per heavy atom. The van der Waals surface area contributed by atoms with Crippen molar-refractivity contribution in [2.75, 3.05) is 13.2 Å². The summed E-state index contributed by atoms with van der Waals surface area (Å²) in [5.74, 6) is -0.000201. The van der Waals surface area contributed by atoms with Crippen LogP contribution >= 0.6 is 0 Å². The number of rotatable bonds is 5. The fraction of sp³-hybridized carbons (Fsp3) is 0.933. The van der Waals surface area contributed by atoms with Gasteiger partial charge in [0.25, 0.3) is 0 Å². The molecule has 0 spiro atoms. The minimum absolute atomic E-state index is 0.0563. The van der Waals surface area contributed by atoms with E-state index in [1.807, 2.05) is 27.7 Å². The van der Waals surface area contributed by atoms with Crippen LogP contribution in [0.1, 0.15) is 47.0 Å². The molecule has 116 valence electrons. The van der Waals surface area contributed by atoms with Gasteiger partial charge in [0.15, 0.2) is 0 Å². The lowest BCUT2D eigenvalue weighted by atomic mass is 9.47. The van der Waals surface area contributed by atoms with E-state index in [4.69, 9.17) is 10.5 Å². The van der Waals surface area contributed by atoms with Gasteiger partial charge in [0.1, 0.15) is 5.54 Å². The molecular weight excluding hydrogens is 256 g/mol. The van der Waals surface area contributed by atoms with E-state index < -0.39 is 11.1 Å². The van der Waals surface area contributed by atoms with Gasteiger partial charge in [-0.1, -0.05) is 20.8 Å². The molecule has 1 saturated heterocycles. The van der Waals surface area contributed by atoms with Crippen molar-refractivity contribution in [2.24, 2.45) is 17.1 Å². The largest absolute Gasteiger partial charge is 0.396 e. The summed E-state index contributed by atoms with van der Waals surface area (Å²) in [5, 5.41) is 12.2. The van der Waals surface area contributed by atoms with Crippen molar-refractivity contribution in [3.8, 4) is 0 Å². The number of aliphatic hydroxyl groups excluding tert-OH is 1. The van der Waals surface area contributed by atoms with Crippen LogP contribution in [0.3, 0.4) is 0 Å². The van der Waals surface area contributed by atoms with Gasteiger partial charge in [-0.15, -0.1) is 0 Å². The minimum Gasteiger partial charge on any atom is -0.396 e. The summed E-state index contributed by atoms with van der Waals surface area (Å²) in [4.78, 5) is 12.8. The normalized spacial score (nSPS) is 37.7. The molecule has 0 aromatic carbocycles. The summed E-state index contributed by atoms with van der Waals surface area (Å²) < 4.78 is 5.72. The van der Waals surface area contributed by atoms with Crippen molar-refractivity contribution in [2.45, 2.75) is 64.1 Å². The molecular formula is C15H28N2O3. The molecule has 0 aromatic rings. The molecule has 4 unspecified atom stereocenters. The quantitative estimate of drug-likeness (QED) is 0.697. The number of nitrogens with two attached hydrogens (primary N) is 1. The molecule has 0 aromatic heterocycles. The Bertz CT molecular complexity index is 399. The molecule has 2 aliphatic rings. The van der Waals surface area contributed by atoms with Crippen LogP contribution < -0.4 is 11.1 Å². The maximum atomic E-state index is 12.8. The van der Waals surface area contributed by atoms with E-state index in [0.29, 0.717) is 13.0 Å². The molecule has 2 rings (SSSR count). The molecule has 20 heavy (non-hydrogen) atoms. The van der Waals surface area contributed by atoms with Gasteiger partial charge >= 0.3 is 0 Å². The third-order valence-corrected chi connectivity index (χ3v) is 5.69. The highest BCUT2D eigenvalue weighted by atomic mass is 16.5. The number of fused-ring (bicyclic) bond motifs is 1. The van der Waals surface area contributed by atoms with E-state index in [0.717, 1.165) is 12.8 Å². The second-order valence-corrected chi connectivity index (χ2v) is 7.12. The van der Waals surface area contributed by atoms with Crippen LogP contribution in [0.5, 0.6) is 0 Å². The van der Waals surface area contributed by atoms with Crippen LogP contribution in [0.2, 0.25) is 0 Å². The molecule has 1 saturated carbocycles. The summed E-state index contributed by atoms with van der Waals surface area (Å²) in [6, 6.07) is 0. The maximum Gasteiger partial charge on any atom is 0.241 e. The Morgan fingerprint density at radius 3 is 2.75 bits per heavy atom. The highest BCUT2D eigenvalue weighted by molar-refractivity contribution is 5.90. The summed E-state index contributed by atoms with van der Waals surface area (Å²) in [6.45, 7) is 8.72. The number of carbonyl (C=O) groups excluding carboxylic acids is 1. The second kappa shape index (κ2) is 4.97. The third kappa shape index (κ3) is 1.98. The number of amides is 1. The van der Waals surface area contributed by atoms with Gasteiger partial charge in [0.05, 0.1) is 6.10 Å². The molecule has 2 fully saturated rings. The van der Waals surface area contributed by atoms with Crippen molar-refractivity contribution in [1.29, 1.82) is 0 Å². The van der Waals surface area contributed by atoms with Crippen LogP contribution in [0, 0.1) is 11.3 Å². The lowest BCUT2D eigenvalue weighted by Crippen LogP contribution is -2.81. The number of carbonyl (C=O) groups is 1. The van der Waals surface area contributed by atoms with Crippen molar-refractivity contribution < 1.29 is 14.6 Å². The molecule has 1 aliphatic heterocycles. The van der Waals surface area contributed by atoms with Crippen LogP contribution in [-0.2, 0) is 9.53 Å². The fourth-order valence-corrected chi connectivity index (χ4v) is 3.80. The Kier molecular flexibility index (Phi) is 3.91. The van der Waals surface area contributed by atoms with Gasteiger partial charge < -0.3 is 20.9 Å². The Labute approximate surface area is 121 Å². The molecule has 0 bridgehead atoms. The van der Waals surface area contributed by atoms with Gasteiger partial charge in [-0.05, 0) is 26.2 Å². The molecule has 4 atom stereocenters. The summed E-state index contributed by atoms with van der Waals surface area (Å²) in [7, 11) is 0. The lowest BCUT2D eigenvalue weighted by molar-refractivity contribution is -0.177. The number of aliphatic hydroxyl groups is 1. The molecule has 1 heterocycles. The third-order valence-electron chi connectivity index (χ3n) is 5.69. The topological polar surface area (TPSA) is 84.6 Å². The highest BCUT2D eigenvalue weighted by Gasteiger charge is 2.71. The predicted molar refractivity (Wildman–Crippen MR) is 77.1 cm³/mol. The van der Waals surface area contributed by atoms with Crippen LogP contribution in [0.15, 0.2) is 0 Å². The van der Waals surface area contributed by atoms with Crippen molar-refractivity contribution in [3.05, 3.63) is 0 Å². The predicted octanol–water partition coefficient (Wildman–Crippen LogP) is 0.796. The molecule has 1 aliphatic carbocycles. The van der Waals surface area contributed by atoms with Crippen molar-refractivity contribution >= 4 is 5.91 Å². The summed E-state index contributed by atoms with van der Waals surface area (Å²) in [5.41, 5.74) is 4.88. The highest BCUT2D eigenvalue weighted by Crippen LogP contribution is 2.58. The Balaban J connectivity index is 2.16. The molecule has 5 nitrogen and oxygen atoms in total. The number of hydrogen-bond donors (Lipinski definition) is 3. The number of nitrogens with one attached hydrogen (secondary N) is 1. The monoisotopic (exact) mass is 284 g/mol. The van der Waals surface area contributed by atoms with Crippen LogP contribution in [-0.4, -0.2) is 41.4 Å². The Morgan fingerprint density at radius 2 is 2.20 bits per heavy atom. The first-order chi connectivity index (χ1) is 9.23. The molecule has 5 heteroatoms. The van der Waals surface area contributed by atoms with E-state index in [-0.39, 0.29) is 30.0 Å². The van der Waals surface area contributed by atoms with Crippen LogP contribution in [0.25, 0.3) is 0 Å². The zero-order valence-electron chi connectivity index (χ0n) is 13.0. The smallest absolute Gasteiger partial charge is 0.241 e. The average Bonchev–Trinajstić information content (AvgIpc) is 2.85. The van der Waals surface area contributed by atoms with Gasteiger partial charge in [0.2, 0.25) is 5.91 Å². The minimum atomic E-state index is -0.875. The van der Waals surface area contributed by atoms with Gasteiger partial charge in [-0.2, -0.15) is 0 Å². The summed E-state index contributed by atoms with van der Waals surface area (Å²) >= 11 is 0. The summed E-state index contributed by atoms with van der Waals surface area (Å²) in [6.07, 6.45) is 2.24. The maximum absolute atomic E-state index is 12.8. The lowest BCUT2D eigenvalue weighted by Gasteiger charge is -2.61. The van der Waals surface area contributed by atoms with E-state index in [1.165, 1.54) is 0 Å². The SMILES string of the molecule is CCC(C)(CCO)NC(=O)C1(N)C2CCOC2C1(C)C. The molecule has 1 amide bonds. The van der Waals surface area contributed by atoms with E-state index in [9.17, 15) is 9.90 Å². The fourth-order valence-electron chi connectivity index (χ4n) is 3.80. The first-order valence-electron chi connectivity index (χ1n) is 7.57. The van der Waals surface area contributed by atoms with Crippen molar-refractivity contribution in [3.63, 3.8) is 0 Å². The van der Waals surface area contributed by atoms with Crippen molar-refractivity contribution in [1.82, 2.24) is 5.32 Å². The zero-order valence-corrected chi connectivity index (χ0v) is 13.0. The standard InChI is InChI=1S/C15H28N2O3/c1-5-14(4,7-8-18)17-12(19)15(16)10-6-9-20-11(10)13(15,2)3/h10-11,18H,5-9,16H2,1-4H3,(H,17,19). The first kappa shape index (κ1) is 15.7. The van der Waals surface area contributed by atoms with Crippen LogP contribution in [0.4, 0.5) is 0 Å². The number of ether oxygens (including phenoxy) is 1. The Hall–Kier alpha value is -0.650. The second-order valence-electron chi connectivity index (χ2n) is 7.12. The van der Waals surface area contributed by atoms with E-state index in [1.54, 1.807) is 0 Å². The van der Waals surface area contributed by atoms with E-state index in [2.05, 4.69) is 5.32 Å². The first-order valence-corrected chi connectivity index (χ1v) is 7.57. The molecule has 0 radical (unpaired) electrons. The van der Waals surface area contributed by atoms with Gasteiger partial charge in [-0.3, -0.25) is 4.79 Å². The zero-order chi connectivity index (χ0) is 15.2. The average molecular weight is 284 g/mol. The van der Waals surface area contributed by atoms with E-state index >= 15 is 0 Å². The molecule has 4 N–H and O–H groups in total.